The molecule has 37 heavy (non-hydrogen) atoms. The minimum atomic E-state index is 0. The van der Waals surface area contributed by atoms with Gasteiger partial charge in [0, 0.05) is 48.7 Å². The van der Waals surface area contributed by atoms with Crippen LogP contribution in [0, 0.1) is 6.92 Å². The van der Waals surface area contributed by atoms with Gasteiger partial charge in [-0.3, -0.25) is 0 Å². The SMILES string of the molecule is CCCCCCc1cc2c(c(Cl)c1[Si]c1c(C)cc3c(c1Cl)Cc1ccccc1-3)Cc1ccccc1-2.[Hf]. The van der Waals surface area contributed by atoms with Crippen LogP contribution in [0.1, 0.15) is 66.0 Å². The van der Waals surface area contributed by atoms with E-state index >= 15 is 0 Å². The average Bonchev–Trinajstić information content (AvgIpc) is 3.45. The molecule has 0 amide bonds. The number of aryl methyl sites for hydroxylation is 2. The molecule has 0 spiro atoms. The summed E-state index contributed by atoms with van der Waals surface area (Å²) in [6, 6.07) is 22.3. The number of unbranched alkanes of at least 4 members (excludes halogenated alkanes) is 3. The van der Waals surface area contributed by atoms with Gasteiger partial charge in [-0.15, -0.1) is 0 Å². The van der Waals surface area contributed by atoms with E-state index in [1.165, 1.54) is 91.7 Å². The Balaban J connectivity index is 0.00000280. The maximum Gasteiger partial charge on any atom is 0.126 e. The second kappa shape index (κ2) is 11.3. The van der Waals surface area contributed by atoms with Gasteiger partial charge >= 0.3 is 0 Å². The van der Waals surface area contributed by atoms with Gasteiger partial charge < -0.3 is 0 Å². The van der Waals surface area contributed by atoms with Crippen molar-refractivity contribution in [2.24, 2.45) is 0 Å². The molecular weight excluding hydrogens is 674 g/mol. The summed E-state index contributed by atoms with van der Waals surface area (Å²) < 4.78 is 0. The van der Waals surface area contributed by atoms with Gasteiger partial charge in [-0.05, 0) is 85.8 Å². The maximum absolute atomic E-state index is 7.30. The van der Waals surface area contributed by atoms with Gasteiger partial charge in [0.15, 0.2) is 0 Å². The van der Waals surface area contributed by atoms with E-state index in [-0.39, 0.29) is 25.8 Å². The molecule has 0 aliphatic heterocycles. The van der Waals surface area contributed by atoms with Crippen LogP contribution < -0.4 is 10.4 Å². The first-order chi connectivity index (χ1) is 17.6. The molecule has 0 saturated carbocycles. The van der Waals surface area contributed by atoms with Crippen LogP contribution in [-0.2, 0) is 45.1 Å². The first-order valence-electron chi connectivity index (χ1n) is 13.2. The van der Waals surface area contributed by atoms with Crippen LogP contribution in [-0.4, -0.2) is 9.52 Å². The maximum atomic E-state index is 7.30. The van der Waals surface area contributed by atoms with Crippen LogP contribution in [0.5, 0.6) is 0 Å². The van der Waals surface area contributed by atoms with Crippen molar-refractivity contribution in [3.05, 3.63) is 104 Å². The Morgan fingerprint density at radius 1 is 0.703 bits per heavy atom. The summed E-state index contributed by atoms with van der Waals surface area (Å²) in [7, 11) is 0.461. The molecule has 0 fully saturated rings. The Labute approximate surface area is 252 Å². The fourth-order valence-electron chi connectivity index (χ4n) is 6.00. The first-order valence-corrected chi connectivity index (χ1v) is 14.9. The summed E-state index contributed by atoms with van der Waals surface area (Å²) >= 11 is 14.5. The van der Waals surface area contributed by atoms with Crippen molar-refractivity contribution in [3.63, 3.8) is 0 Å². The minimum absolute atomic E-state index is 0. The van der Waals surface area contributed by atoms with Crippen molar-refractivity contribution in [3.8, 4) is 22.3 Å². The van der Waals surface area contributed by atoms with E-state index in [1.807, 2.05) is 0 Å². The molecule has 2 aliphatic carbocycles. The van der Waals surface area contributed by atoms with Crippen LogP contribution in [0.2, 0.25) is 10.0 Å². The van der Waals surface area contributed by atoms with Gasteiger partial charge in [0.1, 0.15) is 9.52 Å². The average molecular weight is 704 g/mol. The van der Waals surface area contributed by atoms with Crippen molar-refractivity contribution in [1.82, 2.24) is 0 Å². The Kier molecular flexibility index (Phi) is 8.32. The summed E-state index contributed by atoms with van der Waals surface area (Å²) in [6.45, 7) is 4.49. The van der Waals surface area contributed by atoms with Crippen LogP contribution in [0.15, 0.2) is 60.7 Å². The number of halogens is 2. The fraction of sp³-hybridized carbons (Fsp3) is 0.273. The quantitative estimate of drug-likeness (QED) is 0.116. The molecule has 4 aromatic rings. The van der Waals surface area contributed by atoms with Gasteiger partial charge in [-0.1, -0.05) is 110 Å². The van der Waals surface area contributed by atoms with E-state index in [0.717, 1.165) is 29.3 Å². The standard InChI is InChI=1S/C33H30Cl2Si.Hf/c1-3-4-5-6-13-23-19-27-25-15-10-8-12-22(25)18-29(27)31(35)33(23)36-32-20(2)16-26-24-14-9-7-11-21(24)17-28(26)30(32)34;/h7-12,14-16,19H,3-6,13,17-18H2,1-2H3;. The van der Waals surface area contributed by atoms with Crippen LogP contribution >= 0.6 is 23.2 Å². The third-order valence-corrected chi connectivity index (χ3v) is 10.8. The molecule has 0 nitrogen and oxygen atoms in total. The molecule has 2 radical (unpaired) electrons. The van der Waals surface area contributed by atoms with E-state index in [1.54, 1.807) is 0 Å². The van der Waals surface area contributed by atoms with Gasteiger partial charge in [0.25, 0.3) is 0 Å². The first kappa shape index (κ1) is 27.1. The summed E-state index contributed by atoms with van der Waals surface area (Å²) in [5.41, 5.74) is 13.3. The molecule has 0 saturated heterocycles. The van der Waals surface area contributed by atoms with E-state index in [4.69, 9.17) is 23.2 Å². The molecular formula is C33H30Cl2HfSi. The van der Waals surface area contributed by atoms with Gasteiger partial charge in [-0.25, -0.2) is 0 Å². The Hall–Kier alpha value is -1.45. The minimum Gasteiger partial charge on any atom is -0.0841 e. The number of benzene rings is 4. The third kappa shape index (κ3) is 4.89. The zero-order chi connectivity index (χ0) is 24.8. The Bertz CT molecular complexity index is 1490. The number of fused-ring (bicyclic) bond motifs is 6. The fourth-order valence-corrected chi connectivity index (χ4v) is 8.29. The van der Waals surface area contributed by atoms with Crippen molar-refractivity contribution < 1.29 is 25.8 Å². The topological polar surface area (TPSA) is 0 Å². The number of hydrogen-bond acceptors (Lipinski definition) is 0. The van der Waals surface area contributed by atoms with E-state index < -0.39 is 0 Å². The predicted octanol–water partition coefficient (Wildman–Crippen LogP) is 8.22. The molecule has 6 rings (SSSR count). The van der Waals surface area contributed by atoms with Crippen LogP contribution in [0.3, 0.4) is 0 Å². The van der Waals surface area contributed by atoms with E-state index in [9.17, 15) is 0 Å². The molecule has 0 N–H and O–H groups in total. The molecule has 4 heteroatoms. The molecule has 0 unspecified atom stereocenters. The molecule has 0 aromatic heterocycles. The van der Waals surface area contributed by atoms with Crippen LogP contribution in [0.25, 0.3) is 22.3 Å². The Morgan fingerprint density at radius 3 is 1.89 bits per heavy atom. The largest absolute Gasteiger partial charge is 0.126 e. The van der Waals surface area contributed by atoms with Crippen molar-refractivity contribution >= 4 is 43.1 Å². The summed E-state index contributed by atoms with van der Waals surface area (Å²) in [4.78, 5) is 0. The Morgan fingerprint density at radius 2 is 1.27 bits per heavy atom. The van der Waals surface area contributed by atoms with E-state index in [2.05, 4.69) is 74.5 Å². The van der Waals surface area contributed by atoms with Crippen molar-refractivity contribution in [2.75, 3.05) is 0 Å². The molecule has 4 aromatic carbocycles. The van der Waals surface area contributed by atoms with E-state index in [0.29, 0.717) is 9.52 Å². The molecule has 0 bridgehead atoms. The number of hydrogen-bond donors (Lipinski definition) is 0. The molecule has 2 aliphatic rings. The smallest absolute Gasteiger partial charge is 0.0841 e. The van der Waals surface area contributed by atoms with Gasteiger partial charge in [0.2, 0.25) is 0 Å². The summed E-state index contributed by atoms with van der Waals surface area (Å²) in [5, 5.41) is 4.47. The predicted molar refractivity (Wildman–Crippen MR) is 157 cm³/mol. The van der Waals surface area contributed by atoms with Crippen LogP contribution in [0.4, 0.5) is 0 Å². The molecule has 0 atom stereocenters. The van der Waals surface area contributed by atoms with Gasteiger partial charge in [-0.2, -0.15) is 0 Å². The second-order valence-corrected chi connectivity index (χ2v) is 12.3. The second-order valence-electron chi connectivity index (χ2n) is 10.3. The normalized spacial score (nSPS) is 12.5. The van der Waals surface area contributed by atoms with Crippen molar-refractivity contribution in [2.45, 2.75) is 58.8 Å². The molecule has 184 valence electrons. The van der Waals surface area contributed by atoms with Gasteiger partial charge in [0.05, 0.1) is 0 Å². The molecule has 0 heterocycles. The van der Waals surface area contributed by atoms with Crippen molar-refractivity contribution in [1.29, 1.82) is 0 Å². The zero-order valence-electron chi connectivity index (χ0n) is 21.5. The summed E-state index contributed by atoms with van der Waals surface area (Å²) in [5.74, 6) is 0. The number of rotatable bonds is 7. The zero-order valence-corrected chi connectivity index (χ0v) is 27.6. The third-order valence-electron chi connectivity index (χ3n) is 7.91. The monoisotopic (exact) mass is 704 g/mol. The summed E-state index contributed by atoms with van der Waals surface area (Å²) in [6.07, 6.45) is 7.91.